The molecule has 0 saturated heterocycles. The van der Waals surface area contributed by atoms with Gasteiger partial charge in [0.2, 0.25) is 0 Å². The van der Waals surface area contributed by atoms with E-state index in [1.54, 1.807) is 29.1 Å². The summed E-state index contributed by atoms with van der Waals surface area (Å²) in [4.78, 5) is 12.2. The van der Waals surface area contributed by atoms with Crippen LogP contribution in [0.2, 0.25) is 5.02 Å². The van der Waals surface area contributed by atoms with Crippen molar-refractivity contribution in [1.29, 1.82) is 0 Å². The molecule has 0 aliphatic rings. The highest BCUT2D eigenvalue weighted by molar-refractivity contribution is 6.32. The van der Waals surface area contributed by atoms with Gasteiger partial charge in [-0.25, -0.2) is 0 Å². The molecule has 0 spiro atoms. The van der Waals surface area contributed by atoms with E-state index in [1.165, 1.54) is 14.2 Å². The van der Waals surface area contributed by atoms with Gasteiger partial charge < -0.3 is 14.8 Å². The van der Waals surface area contributed by atoms with Crippen molar-refractivity contribution in [2.24, 2.45) is 0 Å². The summed E-state index contributed by atoms with van der Waals surface area (Å²) < 4.78 is 12.0. The number of nitrogens with one attached hydrogen (secondary N) is 1. The molecule has 0 aliphatic carbocycles. The minimum absolute atomic E-state index is 0.325. The summed E-state index contributed by atoms with van der Waals surface area (Å²) in [6, 6.07) is 4.84. The monoisotopic (exact) mass is 309 g/mol. The van der Waals surface area contributed by atoms with E-state index in [0.717, 1.165) is 0 Å². The van der Waals surface area contributed by atoms with Crippen LogP contribution in [0.5, 0.6) is 11.5 Å². The highest BCUT2D eigenvalue weighted by Gasteiger charge is 2.15. The van der Waals surface area contributed by atoms with Crippen LogP contribution < -0.4 is 14.8 Å². The van der Waals surface area contributed by atoms with Gasteiger partial charge in [-0.15, -0.1) is 0 Å². The number of amides is 1. The third-order valence-corrected chi connectivity index (χ3v) is 3.21. The molecule has 0 radical (unpaired) electrons. The first-order valence-corrected chi connectivity index (χ1v) is 6.73. The second-order valence-corrected chi connectivity index (χ2v) is 4.61. The van der Waals surface area contributed by atoms with Gasteiger partial charge in [0, 0.05) is 18.8 Å². The Bertz CT molecular complexity index is 655. The zero-order valence-electron chi connectivity index (χ0n) is 12.0. The molecular formula is C14H16ClN3O3. The second-order valence-electron chi connectivity index (χ2n) is 4.20. The van der Waals surface area contributed by atoms with E-state index in [2.05, 4.69) is 10.4 Å². The molecular weight excluding hydrogens is 294 g/mol. The van der Waals surface area contributed by atoms with Gasteiger partial charge in [-0.2, -0.15) is 5.10 Å². The van der Waals surface area contributed by atoms with E-state index in [0.29, 0.717) is 34.4 Å². The zero-order chi connectivity index (χ0) is 15.4. The number of ether oxygens (including phenoxy) is 2. The molecule has 1 heterocycles. The lowest BCUT2D eigenvalue weighted by atomic mass is 10.2. The number of carbonyl (C=O) groups excluding carboxylic acids is 1. The molecule has 0 bridgehead atoms. The van der Waals surface area contributed by atoms with Gasteiger partial charge in [-0.3, -0.25) is 9.48 Å². The van der Waals surface area contributed by atoms with Crippen molar-refractivity contribution in [1.82, 2.24) is 9.78 Å². The topological polar surface area (TPSA) is 65.4 Å². The zero-order valence-corrected chi connectivity index (χ0v) is 12.8. The Labute approximate surface area is 127 Å². The first kappa shape index (κ1) is 15.2. The average molecular weight is 310 g/mol. The number of methoxy groups -OCH3 is 2. The van der Waals surface area contributed by atoms with Crippen LogP contribution in [0, 0.1) is 0 Å². The quantitative estimate of drug-likeness (QED) is 0.922. The molecule has 6 nitrogen and oxygen atoms in total. The first-order chi connectivity index (χ1) is 10.1. The number of carbonyl (C=O) groups is 1. The molecule has 1 amide bonds. The third-order valence-electron chi connectivity index (χ3n) is 2.92. The van der Waals surface area contributed by atoms with E-state index in [4.69, 9.17) is 21.1 Å². The number of halogens is 1. The van der Waals surface area contributed by atoms with Crippen molar-refractivity contribution in [2.75, 3.05) is 19.5 Å². The maximum atomic E-state index is 12.2. The highest BCUT2D eigenvalue weighted by Crippen LogP contribution is 2.35. The maximum Gasteiger partial charge on any atom is 0.276 e. The lowest BCUT2D eigenvalue weighted by Crippen LogP contribution is -2.14. The fourth-order valence-corrected chi connectivity index (χ4v) is 2.04. The van der Waals surface area contributed by atoms with Crippen molar-refractivity contribution in [3.63, 3.8) is 0 Å². The molecule has 2 rings (SSSR count). The maximum absolute atomic E-state index is 12.2. The number of aryl methyl sites for hydroxylation is 1. The Kier molecular flexibility index (Phi) is 4.70. The van der Waals surface area contributed by atoms with Gasteiger partial charge >= 0.3 is 0 Å². The fraction of sp³-hybridized carbons (Fsp3) is 0.286. The van der Waals surface area contributed by atoms with Crippen molar-refractivity contribution >= 4 is 23.2 Å². The number of hydrogen-bond acceptors (Lipinski definition) is 4. The Morgan fingerprint density at radius 2 is 2.05 bits per heavy atom. The standard InChI is InChI=1S/C14H16ClN3O3/c1-4-18-6-5-10(17-18)14(19)16-11-7-9(15)12(20-2)8-13(11)21-3/h5-8H,4H2,1-3H3,(H,16,19). The number of aromatic nitrogens is 2. The first-order valence-electron chi connectivity index (χ1n) is 6.35. The molecule has 1 N–H and O–H groups in total. The SMILES string of the molecule is CCn1ccc(C(=O)Nc2cc(Cl)c(OC)cc2OC)n1. The molecule has 2 aromatic rings. The van der Waals surface area contributed by atoms with Crippen LogP contribution in [-0.2, 0) is 6.54 Å². The van der Waals surface area contributed by atoms with Crippen LogP contribution in [0.1, 0.15) is 17.4 Å². The largest absolute Gasteiger partial charge is 0.495 e. The summed E-state index contributed by atoms with van der Waals surface area (Å²) in [6.45, 7) is 2.64. The predicted molar refractivity (Wildman–Crippen MR) is 80.4 cm³/mol. The van der Waals surface area contributed by atoms with Crippen molar-refractivity contribution in [3.8, 4) is 11.5 Å². The second kappa shape index (κ2) is 6.49. The van der Waals surface area contributed by atoms with Gasteiger partial charge in [-0.05, 0) is 19.1 Å². The van der Waals surface area contributed by atoms with Gasteiger partial charge in [0.05, 0.1) is 24.9 Å². The van der Waals surface area contributed by atoms with E-state index in [1.807, 2.05) is 6.92 Å². The van der Waals surface area contributed by atoms with Crippen LogP contribution in [-0.4, -0.2) is 29.9 Å². The summed E-state index contributed by atoms with van der Waals surface area (Å²) >= 11 is 6.06. The van der Waals surface area contributed by atoms with E-state index in [-0.39, 0.29) is 5.91 Å². The molecule has 112 valence electrons. The third kappa shape index (κ3) is 3.28. The Morgan fingerprint density at radius 1 is 1.33 bits per heavy atom. The Balaban J connectivity index is 2.26. The minimum atomic E-state index is -0.332. The molecule has 0 saturated carbocycles. The van der Waals surface area contributed by atoms with Crippen LogP contribution in [0.25, 0.3) is 0 Å². The van der Waals surface area contributed by atoms with Crippen molar-refractivity contribution in [2.45, 2.75) is 13.5 Å². The van der Waals surface area contributed by atoms with Crippen LogP contribution in [0.4, 0.5) is 5.69 Å². The highest BCUT2D eigenvalue weighted by atomic mass is 35.5. The summed E-state index contributed by atoms with van der Waals surface area (Å²) in [7, 11) is 3.01. The number of anilines is 1. The van der Waals surface area contributed by atoms with Gasteiger partial charge in [0.15, 0.2) is 5.69 Å². The number of hydrogen-bond donors (Lipinski definition) is 1. The van der Waals surface area contributed by atoms with E-state index < -0.39 is 0 Å². The van der Waals surface area contributed by atoms with E-state index >= 15 is 0 Å². The molecule has 0 atom stereocenters. The van der Waals surface area contributed by atoms with Crippen LogP contribution in [0.3, 0.4) is 0 Å². The normalized spacial score (nSPS) is 10.3. The summed E-state index contributed by atoms with van der Waals surface area (Å²) in [5.41, 5.74) is 0.783. The summed E-state index contributed by atoms with van der Waals surface area (Å²) in [6.07, 6.45) is 1.74. The number of rotatable bonds is 5. The number of nitrogens with zero attached hydrogens (tertiary/aromatic N) is 2. The van der Waals surface area contributed by atoms with E-state index in [9.17, 15) is 4.79 Å². The van der Waals surface area contributed by atoms with Gasteiger partial charge in [-0.1, -0.05) is 11.6 Å². The lowest BCUT2D eigenvalue weighted by Gasteiger charge is -2.12. The number of benzene rings is 1. The average Bonchev–Trinajstić information content (AvgIpc) is 2.96. The van der Waals surface area contributed by atoms with Crippen molar-refractivity contribution < 1.29 is 14.3 Å². The minimum Gasteiger partial charge on any atom is -0.495 e. The smallest absolute Gasteiger partial charge is 0.276 e. The molecule has 7 heteroatoms. The summed E-state index contributed by atoms with van der Waals surface area (Å²) in [5.74, 6) is 0.600. The van der Waals surface area contributed by atoms with Crippen LogP contribution in [0.15, 0.2) is 24.4 Å². The molecule has 0 aliphatic heterocycles. The molecule has 0 unspecified atom stereocenters. The molecule has 21 heavy (non-hydrogen) atoms. The Morgan fingerprint density at radius 3 is 2.62 bits per heavy atom. The fourth-order valence-electron chi connectivity index (χ4n) is 1.80. The van der Waals surface area contributed by atoms with Gasteiger partial charge in [0.1, 0.15) is 11.5 Å². The predicted octanol–water partition coefficient (Wildman–Crippen LogP) is 2.83. The lowest BCUT2D eigenvalue weighted by molar-refractivity contribution is 0.102. The molecule has 0 fully saturated rings. The Hall–Kier alpha value is -2.21. The van der Waals surface area contributed by atoms with Crippen molar-refractivity contribution in [3.05, 3.63) is 35.1 Å². The van der Waals surface area contributed by atoms with Crippen LogP contribution >= 0.6 is 11.6 Å². The molecule has 1 aromatic carbocycles. The molecule has 1 aromatic heterocycles. The summed E-state index contributed by atoms with van der Waals surface area (Å²) in [5, 5.41) is 7.25. The van der Waals surface area contributed by atoms with Gasteiger partial charge in [0.25, 0.3) is 5.91 Å².